The lowest BCUT2D eigenvalue weighted by molar-refractivity contribution is 0.182. The third-order valence-corrected chi connectivity index (χ3v) is 5.95. The maximum atomic E-state index is 6.05. The van der Waals surface area contributed by atoms with Crippen molar-refractivity contribution in [1.29, 1.82) is 0 Å². The van der Waals surface area contributed by atoms with Gasteiger partial charge in [-0.1, -0.05) is 59.6 Å². The number of hydrogen-bond acceptors (Lipinski definition) is 2. The highest BCUT2D eigenvalue weighted by molar-refractivity contribution is 6.42. The van der Waals surface area contributed by atoms with Crippen molar-refractivity contribution in [1.82, 2.24) is 10.2 Å². The van der Waals surface area contributed by atoms with Crippen molar-refractivity contribution in [2.45, 2.75) is 32.2 Å². The average molecular weight is 391 g/mol. The topological polar surface area (TPSA) is 15.3 Å². The Morgan fingerprint density at radius 3 is 2.42 bits per heavy atom. The fourth-order valence-electron chi connectivity index (χ4n) is 3.67. The van der Waals surface area contributed by atoms with Gasteiger partial charge in [-0.3, -0.25) is 0 Å². The molecule has 0 aliphatic carbocycles. The van der Waals surface area contributed by atoms with Crippen molar-refractivity contribution >= 4 is 23.2 Å². The van der Waals surface area contributed by atoms with E-state index in [-0.39, 0.29) is 0 Å². The number of likely N-dealkylation sites (tertiary alicyclic amines) is 1. The first-order valence-electron chi connectivity index (χ1n) is 9.61. The Morgan fingerprint density at radius 1 is 0.923 bits per heavy atom. The molecule has 2 aromatic carbocycles. The molecule has 0 unspecified atom stereocenters. The molecule has 1 aliphatic rings. The molecule has 0 amide bonds. The first-order chi connectivity index (χ1) is 12.7. The van der Waals surface area contributed by atoms with Crippen LogP contribution in [0.4, 0.5) is 0 Å². The Morgan fingerprint density at radius 2 is 1.69 bits per heavy atom. The van der Waals surface area contributed by atoms with Crippen LogP contribution in [0.3, 0.4) is 0 Å². The number of piperidine rings is 1. The molecule has 2 aromatic rings. The standard InChI is InChI=1S/C22H28Cl2N2/c23-21-8-7-20(16-22(21)24)17-25-11-4-12-26-13-9-19(10-14-26)15-18-5-2-1-3-6-18/h1-3,5-8,16,19,25H,4,9-15,17H2. The van der Waals surface area contributed by atoms with Gasteiger partial charge in [0.05, 0.1) is 10.0 Å². The van der Waals surface area contributed by atoms with E-state index in [1.54, 1.807) is 0 Å². The predicted octanol–water partition coefficient (Wildman–Crippen LogP) is 5.43. The summed E-state index contributed by atoms with van der Waals surface area (Å²) in [6.07, 6.45) is 5.07. The largest absolute Gasteiger partial charge is 0.313 e. The molecule has 2 nitrogen and oxygen atoms in total. The molecule has 3 rings (SSSR count). The second-order valence-electron chi connectivity index (χ2n) is 7.25. The number of rotatable bonds is 8. The first-order valence-corrected chi connectivity index (χ1v) is 10.4. The summed E-state index contributed by atoms with van der Waals surface area (Å²) in [7, 11) is 0. The van der Waals surface area contributed by atoms with E-state index in [4.69, 9.17) is 23.2 Å². The molecule has 0 saturated carbocycles. The molecule has 26 heavy (non-hydrogen) atoms. The van der Waals surface area contributed by atoms with Crippen molar-refractivity contribution in [3.8, 4) is 0 Å². The maximum Gasteiger partial charge on any atom is 0.0595 e. The van der Waals surface area contributed by atoms with Gasteiger partial charge in [-0.2, -0.15) is 0 Å². The zero-order valence-electron chi connectivity index (χ0n) is 15.3. The highest BCUT2D eigenvalue weighted by atomic mass is 35.5. The van der Waals surface area contributed by atoms with Gasteiger partial charge in [0.1, 0.15) is 0 Å². The highest BCUT2D eigenvalue weighted by Gasteiger charge is 2.18. The first kappa shape index (κ1) is 19.7. The van der Waals surface area contributed by atoms with Crippen LogP contribution in [0.2, 0.25) is 10.0 Å². The van der Waals surface area contributed by atoms with Crippen LogP contribution in [-0.2, 0) is 13.0 Å². The van der Waals surface area contributed by atoms with Gasteiger partial charge >= 0.3 is 0 Å². The zero-order valence-corrected chi connectivity index (χ0v) is 16.8. The molecule has 1 saturated heterocycles. The van der Waals surface area contributed by atoms with E-state index in [1.165, 1.54) is 56.4 Å². The zero-order chi connectivity index (χ0) is 18.2. The molecule has 140 valence electrons. The Balaban J connectivity index is 1.27. The van der Waals surface area contributed by atoms with Crippen LogP contribution >= 0.6 is 23.2 Å². The number of nitrogens with zero attached hydrogens (tertiary/aromatic N) is 1. The Labute approximate surface area is 167 Å². The van der Waals surface area contributed by atoms with Gasteiger partial charge in [0.15, 0.2) is 0 Å². The molecule has 0 aromatic heterocycles. The van der Waals surface area contributed by atoms with Gasteiger partial charge in [-0.15, -0.1) is 0 Å². The molecular weight excluding hydrogens is 363 g/mol. The molecule has 0 radical (unpaired) electrons. The van der Waals surface area contributed by atoms with E-state index in [9.17, 15) is 0 Å². The summed E-state index contributed by atoms with van der Waals surface area (Å²) >= 11 is 12.0. The normalized spacial score (nSPS) is 16.1. The predicted molar refractivity (Wildman–Crippen MR) is 112 cm³/mol. The highest BCUT2D eigenvalue weighted by Crippen LogP contribution is 2.23. The van der Waals surface area contributed by atoms with Crippen molar-refractivity contribution in [2.75, 3.05) is 26.2 Å². The summed E-state index contributed by atoms with van der Waals surface area (Å²) in [6.45, 7) is 5.54. The maximum absolute atomic E-state index is 6.05. The van der Waals surface area contributed by atoms with Crippen LogP contribution in [0, 0.1) is 5.92 Å². The summed E-state index contributed by atoms with van der Waals surface area (Å²) in [4.78, 5) is 2.61. The van der Waals surface area contributed by atoms with E-state index in [0.717, 1.165) is 19.0 Å². The quantitative estimate of drug-likeness (QED) is 0.604. The van der Waals surface area contributed by atoms with Gasteiger partial charge in [-0.25, -0.2) is 0 Å². The number of benzene rings is 2. The molecule has 1 N–H and O–H groups in total. The van der Waals surface area contributed by atoms with Gasteiger partial charge in [-0.05, 0) is 81.0 Å². The average Bonchev–Trinajstić information content (AvgIpc) is 2.66. The Kier molecular flexibility index (Phi) is 7.82. The molecule has 1 fully saturated rings. The summed E-state index contributed by atoms with van der Waals surface area (Å²) < 4.78 is 0. The number of halogens is 2. The molecule has 1 aliphatic heterocycles. The van der Waals surface area contributed by atoms with Crippen LogP contribution in [-0.4, -0.2) is 31.1 Å². The second-order valence-corrected chi connectivity index (χ2v) is 8.07. The smallest absolute Gasteiger partial charge is 0.0595 e. The van der Waals surface area contributed by atoms with Gasteiger partial charge in [0, 0.05) is 6.54 Å². The fraction of sp³-hybridized carbons (Fsp3) is 0.455. The lowest BCUT2D eigenvalue weighted by Gasteiger charge is -2.32. The van der Waals surface area contributed by atoms with Gasteiger partial charge in [0.2, 0.25) is 0 Å². The monoisotopic (exact) mass is 390 g/mol. The summed E-state index contributed by atoms with van der Waals surface area (Å²) in [6, 6.07) is 16.7. The van der Waals surface area contributed by atoms with E-state index < -0.39 is 0 Å². The van der Waals surface area contributed by atoms with Crippen molar-refractivity contribution in [2.24, 2.45) is 5.92 Å². The lowest BCUT2D eigenvalue weighted by atomic mass is 9.90. The molecular formula is C22H28Cl2N2. The minimum atomic E-state index is 0.617. The van der Waals surface area contributed by atoms with Crippen molar-refractivity contribution in [3.63, 3.8) is 0 Å². The van der Waals surface area contributed by atoms with Gasteiger partial charge in [0.25, 0.3) is 0 Å². The van der Waals surface area contributed by atoms with Crippen LogP contribution in [0.25, 0.3) is 0 Å². The van der Waals surface area contributed by atoms with Crippen molar-refractivity contribution < 1.29 is 0 Å². The summed E-state index contributed by atoms with van der Waals surface area (Å²) in [5, 5.41) is 4.75. The molecule has 1 heterocycles. The van der Waals surface area contributed by atoms with Crippen molar-refractivity contribution in [3.05, 3.63) is 69.7 Å². The minimum absolute atomic E-state index is 0.617. The number of nitrogens with one attached hydrogen (secondary N) is 1. The van der Waals surface area contributed by atoms with E-state index in [2.05, 4.69) is 40.5 Å². The van der Waals surface area contributed by atoms with Crippen LogP contribution in [0.15, 0.2) is 48.5 Å². The van der Waals surface area contributed by atoms with E-state index >= 15 is 0 Å². The molecule has 0 atom stereocenters. The number of hydrogen-bond donors (Lipinski definition) is 1. The van der Waals surface area contributed by atoms with Crippen LogP contribution < -0.4 is 5.32 Å². The molecule has 0 bridgehead atoms. The van der Waals surface area contributed by atoms with Crippen LogP contribution in [0.1, 0.15) is 30.4 Å². The minimum Gasteiger partial charge on any atom is -0.313 e. The van der Waals surface area contributed by atoms with Gasteiger partial charge < -0.3 is 10.2 Å². The SMILES string of the molecule is Clc1ccc(CNCCCN2CCC(Cc3ccccc3)CC2)cc1Cl. The lowest BCUT2D eigenvalue weighted by Crippen LogP contribution is -2.36. The van der Waals surface area contributed by atoms with E-state index in [1.807, 2.05) is 18.2 Å². The molecule has 4 heteroatoms. The van der Waals surface area contributed by atoms with Crippen LogP contribution in [0.5, 0.6) is 0 Å². The third-order valence-electron chi connectivity index (χ3n) is 5.22. The Bertz CT molecular complexity index is 667. The summed E-state index contributed by atoms with van der Waals surface area (Å²) in [5.74, 6) is 0.849. The third kappa shape index (κ3) is 6.28. The summed E-state index contributed by atoms with van der Waals surface area (Å²) in [5.41, 5.74) is 2.67. The van der Waals surface area contributed by atoms with E-state index in [0.29, 0.717) is 10.0 Å². The molecule has 0 spiro atoms. The second kappa shape index (κ2) is 10.3. The Hall–Kier alpha value is -1.06. The fourth-order valence-corrected chi connectivity index (χ4v) is 3.99.